The van der Waals surface area contributed by atoms with Crippen LogP contribution in [-0.4, -0.2) is 9.78 Å². The first-order chi connectivity index (χ1) is 8.84. The Balaban J connectivity index is 2.46. The Labute approximate surface area is 107 Å². The van der Waals surface area contributed by atoms with Gasteiger partial charge in [0.1, 0.15) is 0 Å². The van der Waals surface area contributed by atoms with Crippen LogP contribution in [0.5, 0.6) is 0 Å². The van der Waals surface area contributed by atoms with Crippen LogP contribution in [0.15, 0.2) is 29.1 Å². The number of nitrogens with zero attached hydrogens (tertiary/aromatic N) is 1. The predicted octanol–water partition coefficient (Wildman–Crippen LogP) is 3.06. The van der Waals surface area contributed by atoms with Crippen molar-refractivity contribution in [1.82, 2.24) is 9.78 Å². The summed E-state index contributed by atoms with van der Waals surface area (Å²) in [6.07, 6.45) is -3.79. The molecule has 0 unspecified atom stereocenters. The molecule has 0 fully saturated rings. The van der Waals surface area contributed by atoms with Gasteiger partial charge in [-0.2, -0.15) is 13.2 Å². The summed E-state index contributed by atoms with van der Waals surface area (Å²) in [4.78, 5) is 12.0. The highest BCUT2D eigenvalue weighted by atomic mass is 19.4. The fourth-order valence-corrected chi connectivity index (χ4v) is 1.98. The lowest BCUT2D eigenvalue weighted by Gasteiger charge is -2.07. The van der Waals surface area contributed by atoms with E-state index in [9.17, 15) is 18.0 Å². The van der Waals surface area contributed by atoms with Gasteiger partial charge >= 0.3 is 6.18 Å². The summed E-state index contributed by atoms with van der Waals surface area (Å²) in [5, 5.41) is 2.86. The monoisotopic (exact) mass is 270 g/mol. The maximum absolute atomic E-state index is 12.4. The summed E-state index contributed by atoms with van der Waals surface area (Å²) in [6, 6.07) is 4.48. The molecule has 0 atom stereocenters. The number of hydrogen-bond acceptors (Lipinski definition) is 1. The Morgan fingerprint density at radius 2 is 1.79 bits per heavy atom. The SMILES string of the molecule is CCc1c(C)[nH]n(-c2ccc(C(F)(F)F)cc2)c1=O. The van der Waals surface area contributed by atoms with Gasteiger partial charge in [-0.25, -0.2) is 4.68 Å². The molecule has 0 amide bonds. The van der Waals surface area contributed by atoms with Gasteiger partial charge in [0.2, 0.25) is 0 Å². The molecule has 0 aliphatic heterocycles. The molecule has 1 aromatic carbocycles. The molecule has 102 valence electrons. The number of hydrogen-bond donors (Lipinski definition) is 1. The summed E-state index contributed by atoms with van der Waals surface area (Å²) in [6.45, 7) is 3.62. The van der Waals surface area contributed by atoms with E-state index in [2.05, 4.69) is 5.10 Å². The molecule has 0 aliphatic carbocycles. The molecule has 1 heterocycles. The zero-order valence-corrected chi connectivity index (χ0v) is 10.5. The number of H-pyrrole nitrogens is 1. The van der Waals surface area contributed by atoms with Crippen molar-refractivity contribution in [3.63, 3.8) is 0 Å². The van der Waals surface area contributed by atoms with Gasteiger partial charge in [0.05, 0.1) is 11.3 Å². The van der Waals surface area contributed by atoms with Crippen LogP contribution >= 0.6 is 0 Å². The van der Waals surface area contributed by atoms with Crippen molar-refractivity contribution in [2.45, 2.75) is 26.4 Å². The van der Waals surface area contributed by atoms with Crippen LogP contribution in [0.25, 0.3) is 5.69 Å². The Hall–Kier alpha value is -1.98. The second-order valence-corrected chi connectivity index (χ2v) is 4.25. The van der Waals surface area contributed by atoms with Gasteiger partial charge < -0.3 is 0 Å². The van der Waals surface area contributed by atoms with Crippen molar-refractivity contribution in [1.29, 1.82) is 0 Å². The second-order valence-electron chi connectivity index (χ2n) is 4.25. The molecular weight excluding hydrogens is 257 g/mol. The van der Waals surface area contributed by atoms with Crippen LogP contribution in [-0.2, 0) is 12.6 Å². The number of alkyl halides is 3. The van der Waals surface area contributed by atoms with Gasteiger partial charge in [-0.1, -0.05) is 6.92 Å². The smallest absolute Gasteiger partial charge is 0.295 e. The van der Waals surface area contributed by atoms with Crippen molar-refractivity contribution in [3.8, 4) is 5.69 Å². The van der Waals surface area contributed by atoms with Crippen LogP contribution in [0.2, 0.25) is 0 Å². The summed E-state index contributed by atoms with van der Waals surface area (Å²) >= 11 is 0. The molecule has 1 N–H and O–H groups in total. The largest absolute Gasteiger partial charge is 0.416 e. The van der Waals surface area contributed by atoms with Crippen LogP contribution in [0, 0.1) is 6.92 Å². The van der Waals surface area contributed by atoms with Crippen molar-refractivity contribution >= 4 is 0 Å². The van der Waals surface area contributed by atoms with Gasteiger partial charge in [-0.3, -0.25) is 9.89 Å². The Bertz CT molecular complexity index is 635. The molecule has 1 aromatic heterocycles. The number of aromatic nitrogens is 2. The molecule has 3 nitrogen and oxygen atoms in total. The van der Waals surface area contributed by atoms with Gasteiger partial charge in [0, 0.05) is 11.3 Å². The fourth-order valence-electron chi connectivity index (χ4n) is 1.98. The molecule has 2 aromatic rings. The zero-order chi connectivity index (χ0) is 14.2. The topological polar surface area (TPSA) is 37.8 Å². The lowest BCUT2D eigenvalue weighted by Crippen LogP contribution is -2.17. The van der Waals surface area contributed by atoms with Gasteiger partial charge in [-0.05, 0) is 37.6 Å². The van der Waals surface area contributed by atoms with E-state index in [-0.39, 0.29) is 5.56 Å². The van der Waals surface area contributed by atoms with E-state index >= 15 is 0 Å². The molecule has 2 rings (SSSR count). The van der Waals surface area contributed by atoms with Gasteiger partial charge in [0.15, 0.2) is 0 Å². The number of rotatable bonds is 2. The summed E-state index contributed by atoms with van der Waals surface area (Å²) in [7, 11) is 0. The molecule has 0 spiro atoms. The Morgan fingerprint density at radius 3 is 2.21 bits per heavy atom. The summed E-state index contributed by atoms with van der Waals surface area (Å²) in [5.74, 6) is 0. The normalized spacial score (nSPS) is 11.8. The molecule has 6 heteroatoms. The lowest BCUT2D eigenvalue weighted by atomic mass is 10.2. The molecule has 0 bridgehead atoms. The van der Waals surface area contributed by atoms with Crippen molar-refractivity contribution in [2.24, 2.45) is 0 Å². The molecule has 0 saturated carbocycles. The van der Waals surface area contributed by atoms with Gasteiger partial charge in [0.25, 0.3) is 5.56 Å². The van der Waals surface area contributed by atoms with E-state index in [0.29, 0.717) is 17.7 Å². The molecular formula is C13H13F3N2O. The highest BCUT2D eigenvalue weighted by Gasteiger charge is 2.30. The first-order valence-corrected chi connectivity index (χ1v) is 5.82. The zero-order valence-electron chi connectivity index (χ0n) is 10.5. The van der Waals surface area contributed by atoms with E-state index in [4.69, 9.17) is 0 Å². The van der Waals surface area contributed by atoms with Gasteiger partial charge in [-0.15, -0.1) is 0 Å². The summed E-state index contributed by atoms with van der Waals surface area (Å²) in [5.41, 5.74) is 0.802. The molecule has 19 heavy (non-hydrogen) atoms. The minimum absolute atomic E-state index is 0.222. The van der Waals surface area contributed by atoms with Crippen LogP contribution < -0.4 is 5.56 Å². The van der Waals surface area contributed by atoms with Crippen LogP contribution in [0.4, 0.5) is 13.2 Å². The number of halogens is 3. The third-order valence-electron chi connectivity index (χ3n) is 3.00. The first-order valence-electron chi connectivity index (χ1n) is 5.82. The number of nitrogens with one attached hydrogen (secondary N) is 1. The maximum atomic E-state index is 12.4. The first kappa shape index (κ1) is 13.5. The van der Waals surface area contributed by atoms with E-state index in [1.165, 1.54) is 16.8 Å². The second kappa shape index (κ2) is 4.60. The van der Waals surface area contributed by atoms with Crippen LogP contribution in [0.1, 0.15) is 23.7 Å². The molecule has 0 aliphatic rings. The lowest BCUT2D eigenvalue weighted by molar-refractivity contribution is -0.137. The standard InChI is InChI=1S/C13H13F3N2O/c1-3-11-8(2)17-18(12(11)19)10-6-4-9(5-7-10)13(14,15)16/h4-7,17H,3H2,1-2H3. The highest BCUT2D eigenvalue weighted by Crippen LogP contribution is 2.29. The van der Waals surface area contributed by atoms with Crippen molar-refractivity contribution < 1.29 is 13.2 Å². The fraction of sp³-hybridized carbons (Fsp3) is 0.308. The number of benzene rings is 1. The Kier molecular flexibility index (Phi) is 3.26. The maximum Gasteiger partial charge on any atom is 0.416 e. The Morgan fingerprint density at radius 1 is 1.21 bits per heavy atom. The average molecular weight is 270 g/mol. The number of aryl methyl sites for hydroxylation is 1. The van der Waals surface area contributed by atoms with Crippen LogP contribution in [0.3, 0.4) is 0 Å². The molecule has 0 radical (unpaired) electrons. The highest BCUT2D eigenvalue weighted by molar-refractivity contribution is 5.36. The summed E-state index contributed by atoms with van der Waals surface area (Å²) < 4.78 is 38.6. The van der Waals surface area contributed by atoms with E-state index < -0.39 is 11.7 Å². The molecule has 0 saturated heterocycles. The quantitative estimate of drug-likeness (QED) is 0.894. The average Bonchev–Trinajstić information content (AvgIpc) is 2.63. The number of aromatic amines is 1. The third-order valence-corrected chi connectivity index (χ3v) is 3.00. The minimum Gasteiger partial charge on any atom is -0.295 e. The van der Waals surface area contributed by atoms with E-state index in [0.717, 1.165) is 17.8 Å². The van der Waals surface area contributed by atoms with E-state index in [1.54, 1.807) is 6.92 Å². The van der Waals surface area contributed by atoms with Crippen molar-refractivity contribution in [3.05, 3.63) is 51.4 Å². The van der Waals surface area contributed by atoms with Crippen molar-refractivity contribution in [2.75, 3.05) is 0 Å². The minimum atomic E-state index is -4.37. The third kappa shape index (κ3) is 2.43. The van der Waals surface area contributed by atoms with E-state index in [1.807, 2.05) is 6.92 Å². The predicted molar refractivity (Wildman–Crippen MR) is 65.5 cm³/mol.